The summed E-state index contributed by atoms with van der Waals surface area (Å²) in [6.07, 6.45) is 4.17. The second kappa shape index (κ2) is 5.14. The van der Waals surface area contributed by atoms with Crippen molar-refractivity contribution < 1.29 is 9.26 Å². The molecule has 2 fully saturated rings. The van der Waals surface area contributed by atoms with E-state index in [0.717, 1.165) is 57.3 Å². The molecule has 1 aromatic rings. The van der Waals surface area contributed by atoms with Crippen molar-refractivity contribution in [1.82, 2.24) is 15.5 Å². The van der Waals surface area contributed by atoms with Gasteiger partial charge in [0.1, 0.15) is 0 Å². The molecule has 0 aliphatic carbocycles. The molecule has 1 N–H and O–H groups in total. The van der Waals surface area contributed by atoms with Crippen molar-refractivity contribution in [2.24, 2.45) is 5.92 Å². The molecular weight excluding hydrogens is 218 g/mol. The third-order valence-electron chi connectivity index (χ3n) is 3.70. The first-order valence-corrected chi connectivity index (χ1v) is 6.53. The summed E-state index contributed by atoms with van der Waals surface area (Å²) in [6, 6.07) is 0. The lowest BCUT2D eigenvalue weighted by Crippen LogP contribution is -2.15. The number of hydrogen-bond donors (Lipinski definition) is 1. The van der Waals surface area contributed by atoms with Gasteiger partial charge in [-0.25, -0.2) is 0 Å². The van der Waals surface area contributed by atoms with Gasteiger partial charge in [0, 0.05) is 25.6 Å². The molecule has 2 aliphatic heterocycles. The van der Waals surface area contributed by atoms with E-state index in [0.29, 0.717) is 11.8 Å². The van der Waals surface area contributed by atoms with Gasteiger partial charge < -0.3 is 14.6 Å². The van der Waals surface area contributed by atoms with E-state index in [9.17, 15) is 0 Å². The topological polar surface area (TPSA) is 60.2 Å². The Hall–Kier alpha value is -0.940. The monoisotopic (exact) mass is 237 g/mol. The number of ether oxygens (including phenoxy) is 1. The Kier molecular flexibility index (Phi) is 3.38. The highest BCUT2D eigenvalue weighted by molar-refractivity contribution is 4.97. The van der Waals surface area contributed by atoms with E-state index in [1.54, 1.807) is 0 Å². The molecule has 2 aliphatic rings. The summed E-state index contributed by atoms with van der Waals surface area (Å²) >= 11 is 0. The number of hydrogen-bond acceptors (Lipinski definition) is 5. The molecule has 3 rings (SSSR count). The third-order valence-corrected chi connectivity index (χ3v) is 3.70. The van der Waals surface area contributed by atoms with Crippen molar-refractivity contribution in [3.05, 3.63) is 11.7 Å². The van der Waals surface area contributed by atoms with Crippen LogP contribution in [0.1, 0.15) is 36.9 Å². The van der Waals surface area contributed by atoms with Crippen molar-refractivity contribution in [3.8, 4) is 0 Å². The van der Waals surface area contributed by atoms with Crippen LogP contribution >= 0.6 is 0 Å². The highest BCUT2D eigenvalue weighted by Crippen LogP contribution is 2.25. The Balaban J connectivity index is 1.60. The summed E-state index contributed by atoms with van der Waals surface area (Å²) in [7, 11) is 0. The van der Waals surface area contributed by atoms with Crippen molar-refractivity contribution in [1.29, 1.82) is 0 Å². The van der Waals surface area contributed by atoms with Crippen LogP contribution < -0.4 is 5.32 Å². The van der Waals surface area contributed by atoms with Crippen LogP contribution in [0.2, 0.25) is 0 Å². The average molecular weight is 237 g/mol. The highest BCUT2D eigenvalue weighted by atomic mass is 16.5. The van der Waals surface area contributed by atoms with Crippen LogP contribution in [0, 0.1) is 5.92 Å². The molecule has 2 saturated heterocycles. The van der Waals surface area contributed by atoms with Crippen LogP contribution in [-0.2, 0) is 11.2 Å². The highest BCUT2D eigenvalue weighted by Gasteiger charge is 2.23. The molecule has 3 heterocycles. The maximum atomic E-state index is 5.35. The van der Waals surface area contributed by atoms with Gasteiger partial charge >= 0.3 is 0 Å². The molecule has 5 heteroatoms. The smallest absolute Gasteiger partial charge is 0.226 e. The predicted octanol–water partition coefficient (Wildman–Crippen LogP) is 1.12. The normalized spacial score (nSPS) is 26.5. The summed E-state index contributed by atoms with van der Waals surface area (Å²) in [5, 5.41) is 7.48. The standard InChI is InChI=1S/C12H19N3O2/c1-4-13-8-9(1)7-11-14-12(15-17-11)10-2-5-16-6-3-10/h9-10,13H,1-8H2. The summed E-state index contributed by atoms with van der Waals surface area (Å²) in [4.78, 5) is 4.54. The van der Waals surface area contributed by atoms with Crippen molar-refractivity contribution in [2.45, 2.75) is 31.6 Å². The lowest BCUT2D eigenvalue weighted by atomic mass is 10.00. The largest absolute Gasteiger partial charge is 0.381 e. The van der Waals surface area contributed by atoms with Crippen molar-refractivity contribution in [3.63, 3.8) is 0 Å². The number of nitrogens with zero attached hydrogens (tertiary/aromatic N) is 2. The van der Waals surface area contributed by atoms with Gasteiger partial charge in [-0.15, -0.1) is 0 Å². The van der Waals surface area contributed by atoms with E-state index < -0.39 is 0 Å². The second-order valence-electron chi connectivity index (χ2n) is 5.00. The van der Waals surface area contributed by atoms with Gasteiger partial charge in [0.05, 0.1) is 0 Å². The maximum absolute atomic E-state index is 5.35. The van der Waals surface area contributed by atoms with Gasteiger partial charge in [-0.2, -0.15) is 4.98 Å². The minimum atomic E-state index is 0.433. The van der Waals surface area contributed by atoms with E-state index in [1.807, 2.05) is 0 Å². The lowest BCUT2D eigenvalue weighted by Gasteiger charge is -2.18. The molecule has 0 radical (unpaired) electrons. The van der Waals surface area contributed by atoms with Crippen LogP contribution in [0.15, 0.2) is 4.52 Å². The SMILES string of the molecule is C1CC(Cc2nc(C3CCOCC3)no2)CN1. The van der Waals surface area contributed by atoms with Crippen LogP contribution in [-0.4, -0.2) is 36.4 Å². The van der Waals surface area contributed by atoms with Crippen molar-refractivity contribution >= 4 is 0 Å². The van der Waals surface area contributed by atoms with Gasteiger partial charge in [-0.05, 0) is 38.3 Å². The zero-order valence-corrected chi connectivity index (χ0v) is 10.0. The van der Waals surface area contributed by atoms with E-state index >= 15 is 0 Å². The summed E-state index contributed by atoms with van der Waals surface area (Å²) in [5.74, 6) is 2.79. The van der Waals surface area contributed by atoms with Crippen LogP contribution in [0.3, 0.4) is 0 Å². The molecule has 0 bridgehead atoms. The minimum Gasteiger partial charge on any atom is -0.381 e. The summed E-state index contributed by atoms with van der Waals surface area (Å²) < 4.78 is 10.7. The molecule has 1 unspecified atom stereocenters. The van der Waals surface area contributed by atoms with Gasteiger partial charge in [-0.3, -0.25) is 0 Å². The molecule has 17 heavy (non-hydrogen) atoms. The average Bonchev–Trinajstić information content (AvgIpc) is 3.02. The second-order valence-corrected chi connectivity index (χ2v) is 5.00. The zero-order chi connectivity index (χ0) is 11.5. The van der Waals surface area contributed by atoms with E-state index in [2.05, 4.69) is 15.5 Å². The lowest BCUT2D eigenvalue weighted by molar-refractivity contribution is 0.0830. The Morgan fingerprint density at radius 2 is 2.12 bits per heavy atom. The first kappa shape index (κ1) is 11.2. The predicted molar refractivity (Wildman–Crippen MR) is 61.8 cm³/mol. The number of nitrogens with one attached hydrogen (secondary N) is 1. The van der Waals surface area contributed by atoms with Gasteiger partial charge in [-0.1, -0.05) is 5.16 Å². The molecule has 1 aromatic heterocycles. The van der Waals surface area contributed by atoms with Crippen LogP contribution in [0.25, 0.3) is 0 Å². The number of aromatic nitrogens is 2. The van der Waals surface area contributed by atoms with Gasteiger partial charge in [0.2, 0.25) is 5.89 Å². The fraction of sp³-hybridized carbons (Fsp3) is 0.833. The minimum absolute atomic E-state index is 0.433. The Morgan fingerprint density at radius 3 is 2.88 bits per heavy atom. The fourth-order valence-electron chi connectivity index (χ4n) is 2.61. The molecule has 0 spiro atoms. The maximum Gasteiger partial charge on any atom is 0.226 e. The quantitative estimate of drug-likeness (QED) is 0.853. The summed E-state index contributed by atoms with van der Waals surface area (Å²) in [6.45, 7) is 3.84. The van der Waals surface area contributed by atoms with Crippen LogP contribution in [0.4, 0.5) is 0 Å². The Morgan fingerprint density at radius 1 is 1.24 bits per heavy atom. The van der Waals surface area contributed by atoms with Crippen LogP contribution in [0.5, 0.6) is 0 Å². The van der Waals surface area contributed by atoms with Gasteiger partial charge in [0.15, 0.2) is 5.82 Å². The molecule has 94 valence electrons. The fourth-order valence-corrected chi connectivity index (χ4v) is 2.61. The van der Waals surface area contributed by atoms with Crippen molar-refractivity contribution in [2.75, 3.05) is 26.3 Å². The van der Waals surface area contributed by atoms with E-state index in [4.69, 9.17) is 9.26 Å². The molecule has 0 amide bonds. The third kappa shape index (κ3) is 2.66. The first-order valence-electron chi connectivity index (χ1n) is 6.53. The molecule has 0 aromatic carbocycles. The molecule has 5 nitrogen and oxygen atoms in total. The molecule has 0 saturated carbocycles. The Labute approximate surface area is 101 Å². The molecule has 1 atom stereocenters. The zero-order valence-electron chi connectivity index (χ0n) is 10.0. The van der Waals surface area contributed by atoms with Gasteiger partial charge in [0.25, 0.3) is 0 Å². The summed E-state index contributed by atoms with van der Waals surface area (Å²) in [5.41, 5.74) is 0. The van der Waals surface area contributed by atoms with E-state index in [1.165, 1.54) is 6.42 Å². The Bertz CT molecular complexity index is 354. The number of rotatable bonds is 3. The molecular formula is C12H19N3O2. The first-order chi connectivity index (χ1) is 8.42. The van der Waals surface area contributed by atoms with E-state index in [-0.39, 0.29) is 0 Å².